The van der Waals surface area contributed by atoms with Gasteiger partial charge in [0.2, 0.25) is 0 Å². The van der Waals surface area contributed by atoms with Gasteiger partial charge in [-0.1, -0.05) is 18.2 Å². The molecule has 1 aromatic heterocycles. The molecule has 0 spiro atoms. The highest BCUT2D eigenvalue weighted by molar-refractivity contribution is 6.04. The third-order valence-corrected chi connectivity index (χ3v) is 5.15. The summed E-state index contributed by atoms with van der Waals surface area (Å²) in [6, 6.07) is 9.05. The molecule has 2 aromatic carbocycles. The van der Waals surface area contributed by atoms with Crippen molar-refractivity contribution in [3.8, 4) is 0 Å². The first-order chi connectivity index (χ1) is 15.9. The Kier molecular flexibility index (Phi) is 6.64. The van der Waals surface area contributed by atoms with Crippen molar-refractivity contribution in [3.05, 3.63) is 94.8 Å². The monoisotopic (exact) mass is 456 g/mol. The number of carbonyl (C=O) groups excluding carboxylic acids is 2. The molecule has 170 valence electrons. The third kappa shape index (κ3) is 5.17. The van der Waals surface area contributed by atoms with Crippen molar-refractivity contribution >= 4 is 11.8 Å². The second-order valence-electron chi connectivity index (χ2n) is 7.35. The molecule has 10 heteroatoms. The molecule has 2 heterocycles. The van der Waals surface area contributed by atoms with Gasteiger partial charge in [0.05, 0.1) is 13.2 Å². The molecule has 0 aliphatic carbocycles. The van der Waals surface area contributed by atoms with Crippen molar-refractivity contribution < 1.29 is 27.5 Å². The number of halogens is 3. The smallest absolute Gasteiger partial charge is 0.275 e. The molecule has 1 unspecified atom stereocenters. The van der Waals surface area contributed by atoms with Gasteiger partial charge in [-0.05, 0) is 35.4 Å². The SMILES string of the molecule is O=C(NCc1ccc(F)cc1)c1nccnc1C(=O)N1CCOC(c2ccc(F)c(F)c2)C1. The number of hydrogen-bond acceptors (Lipinski definition) is 5. The van der Waals surface area contributed by atoms with Gasteiger partial charge in [0.25, 0.3) is 11.8 Å². The van der Waals surface area contributed by atoms with E-state index in [1.54, 1.807) is 0 Å². The fourth-order valence-electron chi connectivity index (χ4n) is 3.43. The molecule has 4 rings (SSSR count). The molecule has 1 fully saturated rings. The van der Waals surface area contributed by atoms with Crippen LogP contribution in [0.25, 0.3) is 0 Å². The lowest BCUT2D eigenvalue weighted by Crippen LogP contribution is -2.43. The zero-order chi connectivity index (χ0) is 23.4. The summed E-state index contributed by atoms with van der Waals surface area (Å²) in [5.74, 6) is -3.52. The van der Waals surface area contributed by atoms with Crippen LogP contribution in [0, 0.1) is 17.5 Å². The average molecular weight is 456 g/mol. The number of aromatic nitrogens is 2. The summed E-state index contributed by atoms with van der Waals surface area (Å²) in [6.07, 6.45) is 1.94. The average Bonchev–Trinajstić information content (AvgIpc) is 2.85. The summed E-state index contributed by atoms with van der Waals surface area (Å²) < 4.78 is 45.5. The van der Waals surface area contributed by atoms with E-state index in [4.69, 9.17) is 4.74 Å². The zero-order valence-electron chi connectivity index (χ0n) is 17.3. The maximum absolute atomic E-state index is 13.6. The number of rotatable bonds is 5. The van der Waals surface area contributed by atoms with Crippen LogP contribution in [0.5, 0.6) is 0 Å². The lowest BCUT2D eigenvalue weighted by Gasteiger charge is -2.33. The van der Waals surface area contributed by atoms with Gasteiger partial charge >= 0.3 is 0 Å². The number of nitrogens with one attached hydrogen (secondary N) is 1. The minimum absolute atomic E-state index is 0.0666. The summed E-state index contributed by atoms with van der Waals surface area (Å²) in [5, 5.41) is 2.64. The zero-order valence-corrected chi connectivity index (χ0v) is 17.3. The number of morpholine rings is 1. The highest BCUT2D eigenvalue weighted by atomic mass is 19.2. The third-order valence-electron chi connectivity index (χ3n) is 5.15. The summed E-state index contributed by atoms with van der Waals surface area (Å²) >= 11 is 0. The van der Waals surface area contributed by atoms with Crippen LogP contribution in [0.3, 0.4) is 0 Å². The molecule has 1 aliphatic heterocycles. The first kappa shape index (κ1) is 22.4. The largest absolute Gasteiger partial charge is 0.370 e. The van der Waals surface area contributed by atoms with E-state index in [2.05, 4.69) is 15.3 Å². The molecule has 2 amide bonds. The van der Waals surface area contributed by atoms with Gasteiger partial charge in [-0.15, -0.1) is 0 Å². The molecule has 0 saturated carbocycles. The Hall–Kier alpha value is -3.79. The van der Waals surface area contributed by atoms with Gasteiger partial charge < -0.3 is 15.0 Å². The first-order valence-corrected chi connectivity index (χ1v) is 10.1. The number of ether oxygens (including phenoxy) is 1. The standard InChI is InChI=1S/C23H19F3N4O3/c24-16-4-1-14(2-5-16)12-29-22(31)20-21(28-8-7-27-20)23(32)30-9-10-33-19(13-30)15-3-6-17(25)18(26)11-15/h1-8,11,19H,9-10,12-13H2,(H,29,31). The second kappa shape index (κ2) is 9.78. The highest BCUT2D eigenvalue weighted by Crippen LogP contribution is 2.25. The van der Waals surface area contributed by atoms with Crippen molar-refractivity contribution in [2.75, 3.05) is 19.7 Å². The van der Waals surface area contributed by atoms with Crippen LogP contribution < -0.4 is 5.32 Å². The molecular weight excluding hydrogens is 437 g/mol. The van der Waals surface area contributed by atoms with Gasteiger partial charge in [0.1, 0.15) is 11.9 Å². The minimum atomic E-state index is -1.01. The second-order valence-corrected chi connectivity index (χ2v) is 7.35. The van der Waals surface area contributed by atoms with Gasteiger partial charge in [0.15, 0.2) is 23.0 Å². The first-order valence-electron chi connectivity index (χ1n) is 10.1. The predicted molar refractivity (Wildman–Crippen MR) is 111 cm³/mol. The van der Waals surface area contributed by atoms with Crippen LogP contribution in [-0.4, -0.2) is 46.4 Å². The van der Waals surface area contributed by atoms with E-state index < -0.39 is 29.6 Å². The molecule has 1 atom stereocenters. The fourth-order valence-corrected chi connectivity index (χ4v) is 3.43. The van der Waals surface area contributed by atoms with Gasteiger partial charge in [-0.25, -0.2) is 23.1 Å². The van der Waals surface area contributed by atoms with Gasteiger partial charge in [-0.3, -0.25) is 9.59 Å². The molecule has 1 saturated heterocycles. The van der Waals surface area contributed by atoms with Crippen molar-refractivity contribution in [2.24, 2.45) is 0 Å². The van der Waals surface area contributed by atoms with Crippen LogP contribution in [0.15, 0.2) is 54.9 Å². The number of amides is 2. The van der Waals surface area contributed by atoms with Crippen LogP contribution >= 0.6 is 0 Å². The number of carbonyl (C=O) groups is 2. The Bertz CT molecular complexity index is 1170. The molecule has 0 radical (unpaired) electrons. The minimum Gasteiger partial charge on any atom is -0.370 e. The maximum Gasteiger partial charge on any atom is 0.275 e. The summed E-state index contributed by atoms with van der Waals surface area (Å²) in [7, 11) is 0. The summed E-state index contributed by atoms with van der Waals surface area (Å²) in [6.45, 7) is 0.574. The maximum atomic E-state index is 13.6. The molecule has 0 bridgehead atoms. The van der Waals surface area contributed by atoms with E-state index in [0.29, 0.717) is 11.1 Å². The molecule has 7 nitrogen and oxygen atoms in total. The Morgan fingerprint density at radius 1 is 1.00 bits per heavy atom. The summed E-state index contributed by atoms with van der Waals surface area (Å²) in [5.41, 5.74) is 0.771. The van der Waals surface area contributed by atoms with Crippen LogP contribution in [0.4, 0.5) is 13.2 Å². The molecule has 1 N–H and O–H groups in total. The fraction of sp³-hybridized carbons (Fsp3) is 0.217. The number of hydrogen-bond donors (Lipinski definition) is 1. The van der Waals surface area contributed by atoms with E-state index in [1.807, 2.05) is 0 Å². The Morgan fingerprint density at radius 2 is 1.73 bits per heavy atom. The number of benzene rings is 2. The Balaban J connectivity index is 1.48. The van der Waals surface area contributed by atoms with Crippen LogP contribution in [-0.2, 0) is 11.3 Å². The molecule has 33 heavy (non-hydrogen) atoms. The molecule has 1 aliphatic rings. The van der Waals surface area contributed by atoms with Crippen molar-refractivity contribution in [2.45, 2.75) is 12.6 Å². The highest BCUT2D eigenvalue weighted by Gasteiger charge is 2.30. The Morgan fingerprint density at radius 3 is 2.45 bits per heavy atom. The van der Waals surface area contributed by atoms with E-state index in [-0.39, 0.29) is 43.4 Å². The van der Waals surface area contributed by atoms with E-state index in [0.717, 1.165) is 12.1 Å². The topological polar surface area (TPSA) is 84.4 Å². The van der Waals surface area contributed by atoms with E-state index >= 15 is 0 Å². The Labute approximate surface area is 187 Å². The normalized spacial score (nSPS) is 15.8. The predicted octanol–water partition coefficient (Wildman–Crippen LogP) is 3.04. The van der Waals surface area contributed by atoms with Crippen LogP contribution in [0.2, 0.25) is 0 Å². The number of nitrogens with zero attached hydrogens (tertiary/aromatic N) is 3. The van der Waals surface area contributed by atoms with Crippen molar-refractivity contribution in [1.82, 2.24) is 20.2 Å². The van der Waals surface area contributed by atoms with Gasteiger partial charge in [-0.2, -0.15) is 0 Å². The van der Waals surface area contributed by atoms with E-state index in [9.17, 15) is 22.8 Å². The lowest BCUT2D eigenvalue weighted by molar-refractivity contribution is -0.0232. The summed E-state index contributed by atoms with van der Waals surface area (Å²) in [4.78, 5) is 35.3. The molecular formula is C23H19F3N4O3. The van der Waals surface area contributed by atoms with Gasteiger partial charge in [0, 0.05) is 25.5 Å². The van der Waals surface area contributed by atoms with Crippen molar-refractivity contribution in [1.29, 1.82) is 0 Å². The van der Waals surface area contributed by atoms with E-state index in [1.165, 1.54) is 47.6 Å². The quantitative estimate of drug-likeness (QED) is 0.638. The lowest BCUT2D eigenvalue weighted by atomic mass is 10.1. The van der Waals surface area contributed by atoms with Crippen molar-refractivity contribution in [3.63, 3.8) is 0 Å². The van der Waals surface area contributed by atoms with Crippen LogP contribution in [0.1, 0.15) is 38.2 Å². The molecule has 3 aromatic rings.